The Balaban J connectivity index is 3.46. The second-order valence-corrected chi connectivity index (χ2v) is 2.40. The van der Waals surface area contributed by atoms with Crippen LogP contribution in [0.4, 0.5) is 13.2 Å². The van der Waals surface area contributed by atoms with Crippen molar-refractivity contribution in [2.75, 3.05) is 6.67 Å². The standard InChI is InChI=1S/C6H11F3O/c1-4(3-7)2-5(10)6(8)9/h4-6,10H,2-3H2,1H3. The van der Waals surface area contributed by atoms with Gasteiger partial charge in [-0.05, 0) is 12.3 Å². The summed E-state index contributed by atoms with van der Waals surface area (Å²) in [7, 11) is 0. The van der Waals surface area contributed by atoms with E-state index >= 15 is 0 Å². The smallest absolute Gasteiger partial charge is 0.264 e. The zero-order valence-corrected chi connectivity index (χ0v) is 5.73. The van der Waals surface area contributed by atoms with Crippen LogP contribution in [0.15, 0.2) is 0 Å². The van der Waals surface area contributed by atoms with E-state index in [4.69, 9.17) is 5.11 Å². The van der Waals surface area contributed by atoms with Gasteiger partial charge in [0.1, 0.15) is 6.10 Å². The first-order chi connectivity index (χ1) is 4.57. The molecule has 0 aromatic rings. The number of alkyl halides is 3. The van der Waals surface area contributed by atoms with Gasteiger partial charge in [0, 0.05) is 0 Å². The SMILES string of the molecule is CC(CF)CC(O)C(F)F. The van der Waals surface area contributed by atoms with E-state index in [1.54, 1.807) is 0 Å². The Labute approximate surface area is 57.9 Å². The summed E-state index contributed by atoms with van der Waals surface area (Å²) in [6.45, 7) is 0.815. The van der Waals surface area contributed by atoms with E-state index in [1.807, 2.05) is 0 Å². The van der Waals surface area contributed by atoms with Crippen molar-refractivity contribution in [3.63, 3.8) is 0 Å². The third-order valence-electron chi connectivity index (χ3n) is 1.20. The highest BCUT2D eigenvalue weighted by atomic mass is 19.3. The molecule has 0 aliphatic rings. The Morgan fingerprint density at radius 1 is 1.40 bits per heavy atom. The first kappa shape index (κ1) is 9.75. The van der Waals surface area contributed by atoms with Crippen molar-refractivity contribution >= 4 is 0 Å². The lowest BCUT2D eigenvalue weighted by Gasteiger charge is -2.11. The molecule has 10 heavy (non-hydrogen) atoms. The van der Waals surface area contributed by atoms with Crippen LogP contribution in [0.2, 0.25) is 0 Å². The van der Waals surface area contributed by atoms with Crippen LogP contribution in [0.1, 0.15) is 13.3 Å². The summed E-state index contributed by atoms with van der Waals surface area (Å²) >= 11 is 0. The van der Waals surface area contributed by atoms with Gasteiger partial charge in [0.25, 0.3) is 6.43 Å². The van der Waals surface area contributed by atoms with Crippen molar-refractivity contribution in [1.29, 1.82) is 0 Å². The fourth-order valence-electron chi connectivity index (χ4n) is 0.578. The minimum Gasteiger partial charge on any atom is -0.387 e. The summed E-state index contributed by atoms with van der Waals surface area (Å²) < 4.78 is 34.8. The average Bonchev–Trinajstić information content (AvgIpc) is 1.87. The highest BCUT2D eigenvalue weighted by Gasteiger charge is 2.19. The van der Waals surface area contributed by atoms with Crippen molar-refractivity contribution in [3.05, 3.63) is 0 Å². The average molecular weight is 156 g/mol. The number of aliphatic hydroxyl groups is 1. The molecule has 0 spiro atoms. The summed E-state index contributed by atoms with van der Waals surface area (Å²) in [6, 6.07) is 0. The molecule has 0 amide bonds. The summed E-state index contributed by atoms with van der Waals surface area (Å²) in [4.78, 5) is 0. The molecule has 0 aliphatic carbocycles. The van der Waals surface area contributed by atoms with Crippen LogP contribution < -0.4 is 0 Å². The van der Waals surface area contributed by atoms with Crippen LogP contribution in [0.5, 0.6) is 0 Å². The predicted octanol–water partition coefficient (Wildman–Crippen LogP) is 1.61. The molecule has 2 atom stereocenters. The van der Waals surface area contributed by atoms with Gasteiger partial charge in [-0.3, -0.25) is 4.39 Å². The van der Waals surface area contributed by atoms with Crippen LogP contribution in [0.3, 0.4) is 0 Å². The minimum atomic E-state index is -2.76. The lowest BCUT2D eigenvalue weighted by Crippen LogP contribution is -2.20. The zero-order chi connectivity index (χ0) is 8.15. The zero-order valence-electron chi connectivity index (χ0n) is 5.73. The predicted molar refractivity (Wildman–Crippen MR) is 31.8 cm³/mol. The molecule has 0 aromatic carbocycles. The molecule has 2 unspecified atom stereocenters. The summed E-state index contributed by atoms with van der Waals surface area (Å²) in [6.07, 6.45) is -4.60. The molecule has 0 saturated carbocycles. The maximum atomic E-state index is 11.7. The molecule has 0 saturated heterocycles. The van der Waals surface area contributed by atoms with Gasteiger partial charge >= 0.3 is 0 Å². The Hall–Kier alpha value is -0.250. The largest absolute Gasteiger partial charge is 0.387 e. The van der Waals surface area contributed by atoms with Crippen LogP contribution in [-0.2, 0) is 0 Å². The Morgan fingerprint density at radius 3 is 2.20 bits per heavy atom. The molecule has 1 N–H and O–H groups in total. The molecule has 0 fully saturated rings. The summed E-state index contributed by atoms with van der Waals surface area (Å²) in [5, 5.41) is 8.51. The van der Waals surface area contributed by atoms with Gasteiger partial charge in [0.05, 0.1) is 6.67 Å². The van der Waals surface area contributed by atoms with Gasteiger partial charge in [-0.25, -0.2) is 8.78 Å². The topological polar surface area (TPSA) is 20.2 Å². The van der Waals surface area contributed by atoms with Gasteiger partial charge in [0.2, 0.25) is 0 Å². The van der Waals surface area contributed by atoms with Crippen molar-refractivity contribution in [2.24, 2.45) is 5.92 Å². The molecule has 0 rings (SSSR count). The number of halogens is 3. The van der Waals surface area contributed by atoms with Gasteiger partial charge in [-0.15, -0.1) is 0 Å². The number of hydrogen-bond donors (Lipinski definition) is 1. The number of aliphatic hydroxyl groups excluding tert-OH is 1. The van der Waals surface area contributed by atoms with E-state index in [-0.39, 0.29) is 6.42 Å². The Morgan fingerprint density at radius 2 is 1.90 bits per heavy atom. The van der Waals surface area contributed by atoms with Gasteiger partial charge in [0.15, 0.2) is 0 Å². The minimum absolute atomic E-state index is 0.172. The molecule has 0 aromatic heterocycles. The van der Waals surface area contributed by atoms with Gasteiger partial charge in [-0.2, -0.15) is 0 Å². The molecule has 0 heterocycles. The second-order valence-electron chi connectivity index (χ2n) is 2.40. The Bertz CT molecular complexity index is 87.1. The molecular formula is C6H11F3O. The van der Waals surface area contributed by atoms with E-state index in [9.17, 15) is 13.2 Å². The Kier molecular flexibility index (Phi) is 4.43. The van der Waals surface area contributed by atoms with E-state index < -0.39 is 25.1 Å². The normalized spacial score (nSPS) is 17.4. The molecule has 0 bridgehead atoms. The van der Waals surface area contributed by atoms with Gasteiger partial charge in [-0.1, -0.05) is 6.92 Å². The highest BCUT2D eigenvalue weighted by Crippen LogP contribution is 2.12. The molecule has 0 radical (unpaired) electrons. The summed E-state index contributed by atoms with van der Waals surface area (Å²) in [5.74, 6) is -0.482. The first-order valence-corrected chi connectivity index (χ1v) is 3.10. The van der Waals surface area contributed by atoms with Crippen molar-refractivity contribution in [3.8, 4) is 0 Å². The maximum absolute atomic E-state index is 11.7. The van der Waals surface area contributed by atoms with E-state index in [0.717, 1.165) is 0 Å². The number of rotatable bonds is 4. The fraction of sp³-hybridized carbons (Fsp3) is 1.00. The van der Waals surface area contributed by atoms with Crippen molar-refractivity contribution in [1.82, 2.24) is 0 Å². The third-order valence-corrected chi connectivity index (χ3v) is 1.20. The molecule has 1 nitrogen and oxygen atoms in total. The van der Waals surface area contributed by atoms with Crippen LogP contribution in [0.25, 0.3) is 0 Å². The highest BCUT2D eigenvalue weighted by molar-refractivity contribution is 4.62. The first-order valence-electron chi connectivity index (χ1n) is 3.10. The second kappa shape index (κ2) is 4.55. The van der Waals surface area contributed by atoms with Crippen molar-refractivity contribution < 1.29 is 18.3 Å². The lowest BCUT2D eigenvalue weighted by atomic mass is 10.1. The van der Waals surface area contributed by atoms with E-state index in [1.165, 1.54) is 6.92 Å². The monoisotopic (exact) mass is 156 g/mol. The third kappa shape index (κ3) is 3.71. The van der Waals surface area contributed by atoms with Crippen LogP contribution in [-0.4, -0.2) is 24.3 Å². The van der Waals surface area contributed by atoms with E-state index in [0.29, 0.717) is 0 Å². The maximum Gasteiger partial charge on any atom is 0.264 e. The van der Waals surface area contributed by atoms with Crippen LogP contribution in [0, 0.1) is 5.92 Å². The molecule has 4 heteroatoms. The molecular weight excluding hydrogens is 145 g/mol. The lowest BCUT2D eigenvalue weighted by molar-refractivity contribution is -0.0178. The van der Waals surface area contributed by atoms with E-state index in [2.05, 4.69) is 0 Å². The fourth-order valence-corrected chi connectivity index (χ4v) is 0.578. The summed E-state index contributed by atoms with van der Waals surface area (Å²) in [5.41, 5.74) is 0. The molecule has 62 valence electrons. The van der Waals surface area contributed by atoms with Crippen LogP contribution >= 0.6 is 0 Å². The van der Waals surface area contributed by atoms with Gasteiger partial charge < -0.3 is 5.11 Å². The van der Waals surface area contributed by atoms with Crippen molar-refractivity contribution in [2.45, 2.75) is 25.9 Å². The number of hydrogen-bond acceptors (Lipinski definition) is 1. The quantitative estimate of drug-likeness (QED) is 0.655. The molecule has 0 aliphatic heterocycles.